The summed E-state index contributed by atoms with van der Waals surface area (Å²) in [4.78, 5) is 11.3. The maximum absolute atomic E-state index is 11.3. The number of carbonyl (C=O) groups excluding carboxylic acids is 1. The van der Waals surface area contributed by atoms with Crippen molar-refractivity contribution in [3.8, 4) is 0 Å². The zero-order chi connectivity index (χ0) is 9.84. The fraction of sp³-hybridized carbons (Fsp3) is 0.667. The van der Waals surface area contributed by atoms with E-state index in [-0.39, 0.29) is 11.5 Å². The molecule has 2 atom stereocenters. The SMILES string of the molecule is CCOC(C)OC1=COC(C)C1=O. The number of hydrogen-bond acceptors (Lipinski definition) is 4. The molecule has 1 rings (SSSR count). The van der Waals surface area contributed by atoms with E-state index in [0.717, 1.165) is 0 Å². The molecule has 1 aliphatic rings. The predicted molar refractivity (Wildman–Crippen MR) is 45.8 cm³/mol. The first-order valence-electron chi connectivity index (χ1n) is 4.33. The van der Waals surface area contributed by atoms with Crippen LogP contribution < -0.4 is 0 Å². The van der Waals surface area contributed by atoms with Crippen molar-refractivity contribution in [1.82, 2.24) is 0 Å². The topological polar surface area (TPSA) is 44.8 Å². The van der Waals surface area contributed by atoms with Crippen LogP contribution in [0.1, 0.15) is 20.8 Å². The van der Waals surface area contributed by atoms with Crippen molar-refractivity contribution in [2.75, 3.05) is 6.61 Å². The van der Waals surface area contributed by atoms with Gasteiger partial charge in [0.2, 0.25) is 11.5 Å². The third-order valence-electron chi connectivity index (χ3n) is 1.69. The van der Waals surface area contributed by atoms with Crippen LogP contribution in [0.4, 0.5) is 0 Å². The van der Waals surface area contributed by atoms with Gasteiger partial charge >= 0.3 is 0 Å². The minimum absolute atomic E-state index is 0.133. The molecule has 0 bridgehead atoms. The zero-order valence-electron chi connectivity index (χ0n) is 8.07. The van der Waals surface area contributed by atoms with Gasteiger partial charge < -0.3 is 14.2 Å². The van der Waals surface area contributed by atoms with E-state index in [4.69, 9.17) is 14.2 Å². The lowest BCUT2D eigenvalue weighted by Gasteiger charge is -2.13. The summed E-state index contributed by atoms with van der Waals surface area (Å²) in [7, 11) is 0. The van der Waals surface area contributed by atoms with Crippen molar-refractivity contribution in [2.45, 2.75) is 33.2 Å². The molecule has 0 aliphatic carbocycles. The molecular formula is C9H14O4. The quantitative estimate of drug-likeness (QED) is 0.619. The van der Waals surface area contributed by atoms with Gasteiger partial charge in [0.1, 0.15) is 6.26 Å². The number of rotatable bonds is 4. The molecular weight excluding hydrogens is 172 g/mol. The fourth-order valence-corrected chi connectivity index (χ4v) is 1.02. The lowest BCUT2D eigenvalue weighted by atomic mass is 10.2. The van der Waals surface area contributed by atoms with Gasteiger partial charge in [0.25, 0.3) is 0 Å². The Kier molecular flexibility index (Phi) is 3.31. The van der Waals surface area contributed by atoms with Crippen molar-refractivity contribution < 1.29 is 19.0 Å². The molecule has 0 radical (unpaired) electrons. The molecule has 4 heteroatoms. The Morgan fingerprint density at radius 1 is 1.69 bits per heavy atom. The highest BCUT2D eigenvalue weighted by molar-refractivity contribution is 5.98. The molecule has 13 heavy (non-hydrogen) atoms. The van der Waals surface area contributed by atoms with Crippen molar-refractivity contribution in [2.24, 2.45) is 0 Å². The highest BCUT2D eigenvalue weighted by Gasteiger charge is 2.27. The smallest absolute Gasteiger partial charge is 0.240 e. The molecule has 0 N–H and O–H groups in total. The molecule has 1 heterocycles. The van der Waals surface area contributed by atoms with Crippen LogP contribution in [0.2, 0.25) is 0 Å². The van der Waals surface area contributed by atoms with E-state index >= 15 is 0 Å². The van der Waals surface area contributed by atoms with Gasteiger partial charge in [0.05, 0.1) is 0 Å². The minimum atomic E-state index is -0.427. The highest BCUT2D eigenvalue weighted by atomic mass is 16.7. The monoisotopic (exact) mass is 186 g/mol. The molecule has 4 nitrogen and oxygen atoms in total. The molecule has 0 amide bonds. The van der Waals surface area contributed by atoms with Gasteiger partial charge in [-0.1, -0.05) is 0 Å². The van der Waals surface area contributed by atoms with Crippen molar-refractivity contribution in [3.05, 3.63) is 12.0 Å². The molecule has 0 aromatic heterocycles. The summed E-state index contributed by atoms with van der Waals surface area (Å²) < 4.78 is 15.3. The number of carbonyl (C=O) groups is 1. The molecule has 0 saturated heterocycles. The Labute approximate surface area is 77.5 Å². The van der Waals surface area contributed by atoms with Crippen LogP contribution in [0, 0.1) is 0 Å². The summed E-state index contributed by atoms with van der Waals surface area (Å²) in [5, 5.41) is 0. The van der Waals surface area contributed by atoms with E-state index in [9.17, 15) is 4.79 Å². The number of ketones is 1. The second kappa shape index (κ2) is 4.28. The summed E-state index contributed by atoms with van der Waals surface area (Å²) in [5.41, 5.74) is 0. The number of Topliss-reactive ketones (excluding diaryl/α,β-unsaturated/α-hetero) is 1. The van der Waals surface area contributed by atoms with Crippen molar-refractivity contribution in [1.29, 1.82) is 0 Å². The third-order valence-corrected chi connectivity index (χ3v) is 1.69. The average Bonchev–Trinajstić information content (AvgIpc) is 2.37. The minimum Gasteiger partial charge on any atom is -0.486 e. The van der Waals surface area contributed by atoms with E-state index in [0.29, 0.717) is 6.61 Å². The van der Waals surface area contributed by atoms with Gasteiger partial charge in [-0.25, -0.2) is 0 Å². The highest BCUT2D eigenvalue weighted by Crippen LogP contribution is 2.16. The first kappa shape index (κ1) is 10.1. The molecule has 1 aliphatic heterocycles. The summed E-state index contributed by atoms with van der Waals surface area (Å²) in [6.45, 7) is 5.84. The largest absolute Gasteiger partial charge is 0.486 e. The Hall–Kier alpha value is -1.03. The molecule has 0 aromatic carbocycles. The molecule has 2 unspecified atom stereocenters. The van der Waals surface area contributed by atoms with E-state index < -0.39 is 12.4 Å². The van der Waals surface area contributed by atoms with Gasteiger partial charge in [-0.15, -0.1) is 0 Å². The van der Waals surface area contributed by atoms with Crippen LogP contribution in [0.25, 0.3) is 0 Å². The summed E-state index contributed by atoms with van der Waals surface area (Å²) >= 11 is 0. The second-order valence-corrected chi connectivity index (χ2v) is 2.77. The second-order valence-electron chi connectivity index (χ2n) is 2.77. The Morgan fingerprint density at radius 3 is 2.85 bits per heavy atom. The molecule has 0 aromatic rings. The molecule has 0 saturated carbocycles. The van der Waals surface area contributed by atoms with Crippen molar-refractivity contribution >= 4 is 5.78 Å². The third kappa shape index (κ3) is 2.45. The maximum Gasteiger partial charge on any atom is 0.240 e. The van der Waals surface area contributed by atoms with Crippen LogP contribution in [0.3, 0.4) is 0 Å². The van der Waals surface area contributed by atoms with Crippen LogP contribution in [0.15, 0.2) is 12.0 Å². The lowest BCUT2D eigenvalue weighted by Crippen LogP contribution is -2.19. The Bertz CT molecular complexity index is 222. The zero-order valence-corrected chi connectivity index (χ0v) is 8.07. The van der Waals surface area contributed by atoms with Crippen LogP contribution >= 0.6 is 0 Å². The van der Waals surface area contributed by atoms with Gasteiger partial charge in [-0.2, -0.15) is 0 Å². The van der Waals surface area contributed by atoms with Crippen molar-refractivity contribution in [3.63, 3.8) is 0 Å². The van der Waals surface area contributed by atoms with Crippen LogP contribution in [-0.4, -0.2) is 24.8 Å². The molecule has 0 spiro atoms. The Morgan fingerprint density at radius 2 is 2.38 bits per heavy atom. The maximum atomic E-state index is 11.3. The van der Waals surface area contributed by atoms with Gasteiger partial charge in [-0.05, 0) is 20.8 Å². The fourth-order valence-electron chi connectivity index (χ4n) is 1.02. The average molecular weight is 186 g/mol. The van der Waals surface area contributed by atoms with Gasteiger partial charge in [0, 0.05) is 6.61 Å². The lowest BCUT2D eigenvalue weighted by molar-refractivity contribution is -0.133. The molecule has 0 fully saturated rings. The van der Waals surface area contributed by atoms with E-state index in [1.165, 1.54) is 6.26 Å². The number of hydrogen-bond donors (Lipinski definition) is 0. The molecule has 74 valence electrons. The first-order valence-corrected chi connectivity index (χ1v) is 4.33. The normalized spacial score (nSPS) is 23.8. The van der Waals surface area contributed by atoms with Crippen LogP contribution in [-0.2, 0) is 19.0 Å². The number of ether oxygens (including phenoxy) is 3. The summed E-state index contributed by atoms with van der Waals surface area (Å²) in [5.74, 6) is 0.111. The summed E-state index contributed by atoms with van der Waals surface area (Å²) in [6, 6.07) is 0. The van der Waals surface area contributed by atoms with E-state index in [2.05, 4.69) is 0 Å². The standard InChI is InChI=1S/C9H14O4/c1-4-11-7(3)13-8-5-12-6(2)9(8)10/h5-7H,4H2,1-3H3. The van der Waals surface area contributed by atoms with E-state index in [1.807, 2.05) is 6.92 Å². The van der Waals surface area contributed by atoms with Gasteiger partial charge in [0.15, 0.2) is 12.4 Å². The first-order chi connectivity index (χ1) is 6.15. The van der Waals surface area contributed by atoms with E-state index in [1.54, 1.807) is 13.8 Å². The Balaban J connectivity index is 2.42. The summed E-state index contributed by atoms with van der Waals surface area (Å²) in [6.07, 6.45) is 0.501. The predicted octanol–water partition coefficient (Wildman–Crippen LogP) is 1.21. The van der Waals surface area contributed by atoms with Crippen LogP contribution in [0.5, 0.6) is 0 Å². The van der Waals surface area contributed by atoms with Gasteiger partial charge in [-0.3, -0.25) is 4.79 Å².